The molecule has 0 saturated carbocycles. The van der Waals surface area contributed by atoms with E-state index in [1.165, 1.54) is 19.3 Å². The second-order valence-corrected chi connectivity index (χ2v) is 5.30. The van der Waals surface area contributed by atoms with Gasteiger partial charge in [-0.05, 0) is 51.2 Å². The zero-order chi connectivity index (χ0) is 14.1. The topological polar surface area (TPSA) is 32.7 Å². The lowest BCUT2D eigenvalue weighted by Gasteiger charge is -2.12. The van der Waals surface area contributed by atoms with Gasteiger partial charge in [0.05, 0.1) is 13.2 Å². The first kappa shape index (κ1) is 16.0. The summed E-state index contributed by atoms with van der Waals surface area (Å²) in [6, 6.07) is 7.70. The monoisotopic (exact) mass is 265 g/mol. The first-order chi connectivity index (χ1) is 9.13. The van der Waals surface area contributed by atoms with Gasteiger partial charge in [-0.2, -0.15) is 0 Å². The van der Waals surface area contributed by atoms with Gasteiger partial charge in [0.25, 0.3) is 0 Å². The summed E-state index contributed by atoms with van der Waals surface area (Å²) in [4.78, 5) is 2.21. The Labute approximate surface area is 117 Å². The van der Waals surface area contributed by atoms with Crippen molar-refractivity contribution in [1.29, 1.82) is 0 Å². The molecule has 1 atom stereocenters. The SMILES string of the molecule is COc1cccc(C(O)CCCCCCN(C)C)c1. The van der Waals surface area contributed by atoms with Gasteiger partial charge in [0.1, 0.15) is 5.75 Å². The van der Waals surface area contributed by atoms with Crippen LogP contribution in [0.2, 0.25) is 0 Å². The van der Waals surface area contributed by atoms with Crippen molar-refractivity contribution >= 4 is 0 Å². The quantitative estimate of drug-likeness (QED) is 0.696. The van der Waals surface area contributed by atoms with Crippen molar-refractivity contribution in [1.82, 2.24) is 4.90 Å². The third-order valence-corrected chi connectivity index (χ3v) is 3.31. The Morgan fingerprint density at radius 1 is 1.16 bits per heavy atom. The predicted octanol–water partition coefficient (Wildman–Crippen LogP) is 3.24. The van der Waals surface area contributed by atoms with Crippen LogP contribution in [0.3, 0.4) is 0 Å². The molecule has 0 radical (unpaired) electrons. The molecule has 19 heavy (non-hydrogen) atoms. The molecule has 0 aromatic heterocycles. The second kappa shape index (κ2) is 8.94. The summed E-state index contributed by atoms with van der Waals surface area (Å²) >= 11 is 0. The molecule has 0 aliphatic rings. The van der Waals surface area contributed by atoms with Crippen molar-refractivity contribution in [2.24, 2.45) is 0 Å². The standard InChI is InChI=1S/C16H27NO2/c1-17(2)12-7-5-4-6-11-16(18)14-9-8-10-15(13-14)19-3/h8-10,13,16,18H,4-7,11-12H2,1-3H3. The fourth-order valence-corrected chi connectivity index (χ4v) is 2.13. The number of unbranched alkanes of at least 4 members (excludes halogenated alkanes) is 3. The Kier molecular flexibility index (Phi) is 7.53. The third-order valence-electron chi connectivity index (χ3n) is 3.31. The Hall–Kier alpha value is -1.06. The molecule has 1 unspecified atom stereocenters. The van der Waals surface area contributed by atoms with Crippen LogP contribution < -0.4 is 4.74 Å². The molecule has 0 heterocycles. The van der Waals surface area contributed by atoms with E-state index in [9.17, 15) is 5.11 Å². The van der Waals surface area contributed by atoms with Crippen molar-refractivity contribution in [2.75, 3.05) is 27.7 Å². The van der Waals surface area contributed by atoms with Crippen molar-refractivity contribution in [3.05, 3.63) is 29.8 Å². The molecule has 1 aromatic carbocycles. The molecule has 3 nitrogen and oxygen atoms in total. The number of methoxy groups -OCH3 is 1. The van der Waals surface area contributed by atoms with Gasteiger partial charge >= 0.3 is 0 Å². The molecule has 0 aliphatic carbocycles. The lowest BCUT2D eigenvalue weighted by atomic mass is 10.0. The molecule has 108 valence electrons. The van der Waals surface area contributed by atoms with Gasteiger partial charge in [0, 0.05) is 0 Å². The summed E-state index contributed by atoms with van der Waals surface area (Å²) < 4.78 is 5.17. The van der Waals surface area contributed by atoms with Crippen molar-refractivity contribution in [3.8, 4) is 5.75 Å². The smallest absolute Gasteiger partial charge is 0.119 e. The normalized spacial score (nSPS) is 12.7. The minimum Gasteiger partial charge on any atom is -0.497 e. The van der Waals surface area contributed by atoms with Gasteiger partial charge in [0.15, 0.2) is 0 Å². The summed E-state index contributed by atoms with van der Waals surface area (Å²) in [6.45, 7) is 1.15. The molecule has 3 heteroatoms. The van der Waals surface area contributed by atoms with Crippen LogP contribution in [0.4, 0.5) is 0 Å². The molecule has 0 amide bonds. The van der Waals surface area contributed by atoms with Crippen LogP contribution in [0.1, 0.15) is 43.8 Å². The molecule has 1 N–H and O–H groups in total. The second-order valence-electron chi connectivity index (χ2n) is 5.30. The lowest BCUT2D eigenvalue weighted by Crippen LogP contribution is -2.12. The van der Waals surface area contributed by atoms with E-state index in [0.29, 0.717) is 0 Å². The van der Waals surface area contributed by atoms with Crippen molar-refractivity contribution in [2.45, 2.75) is 38.2 Å². The zero-order valence-corrected chi connectivity index (χ0v) is 12.4. The number of rotatable bonds is 9. The van der Waals surface area contributed by atoms with E-state index in [-0.39, 0.29) is 6.10 Å². The van der Waals surface area contributed by atoms with Crippen LogP contribution in [0.15, 0.2) is 24.3 Å². The number of hydrogen-bond acceptors (Lipinski definition) is 3. The van der Waals surface area contributed by atoms with E-state index in [0.717, 1.165) is 30.7 Å². The molecule has 1 aromatic rings. The van der Waals surface area contributed by atoms with Crippen LogP contribution in [-0.2, 0) is 0 Å². The third kappa shape index (κ3) is 6.60. The summed E-state index contributed by atoms with van der Waals surface area (Å²) in [5, 5.41) is 10.1. The molecule has 0 fully saturated rings. The van der Waals surface area contributed by atoms with Gasteiger partial charge in [-0.25, -0.2) is 0 Å². The fraction of sp³-hybridized carbons (Fsp3) is 0.625. The summed E-state index contributed by atoms with van der Waals surface area (Å²) in [6.07, 6.45) is 5.20. The van der Waals surface area contributed by atoms with Crippen LogP contribution in [0.5, 0.6) is 5.75 Å². The maximum atomic E-state index is 10.1. The molecule has 0 spiro atoms. The maximum absolute atomic E-state index is 10.1. The number of aliphatic hydroxyl groups excluding tert-OH is 1. The Bertz CT molecular complexity index is 352. The highest BCUT2D eigenvalue weighted by Crippen LogP contribution is 2.23. The Balaban J connectivity index is 2.21. The van der Waals surface area contributed by atoms with E-state index in [1.54, 1.807) is 7.11 Å². The van der Waals surface area contributed by atoms with Crippen LogP contribution in [0, 0.1) is 0 Å². The first-order valence-corrected chi connectivity index (χ1v) is 7.10. The zero-order valence-electron chi connectivity index (χ0n) is 12.4. The van der Waals surface area contributed by atoms with Crippen molar-refractivity contribution < 1.29 is 9.84 Å². The fourth-order valence-electron chi connectivity index (χ4n) is 2.13. The predicted molar refractivity (Wildman–Crippen MR) is 79.6 cm³/mol. The van der Waals surface area contributed by atoms with Gasteiger partial charge in [-0.15, -0.1) is 0 Å². The summed E-state index contributed by atoms with van der Waals surface area (Å²) in [5.74, 6) is 0.808. The van der Waals surface area contributed by atoms with Crippen LogP contribution >= 0.6 is 0 Å². The highest BCUT2D eigenvalue weighted by atomic mass is 16.5. The summed E-state index contributed by atoms with van der Waals surface area (Å²) in [5.41, 5.74) is 0.952. The van der Waals surface area contributed by atoms with Crippen molar-refractivity contribution in [3.63, 3.8) is 0 Å². The van der Waals surface area contributed by atoms with E-state index in [4.69, 9.17) is 4.74 Å². The minimum absolute atomic E-state index is 0.371. The average molecular weight is 265 g/mol. The lowest BCUT2D eigenvalue weighted by molar-refractivity contribution is 0.163. The highest BCUT2D eigenvalue weighted by molar-refractivity contribution is 5.29. The van der Waals surface area contributed by atoms with E-state index < -0.39 is 0 Å². The van der Waals surface area contributed by atoms with Crippen LogP contribution in [-0.4, -0.2) is 37.8 Å². The largest absolute Gasteiger partial charge is 0.497 e. The molecular weight excluding hydrogens is 238 g/mol. The van der Waals surface area contributed by atoms with E-state index in [2.05, 4.69) is 19.0 Å². The minimum atomic E-state index is -0.371. The number of nitrogens with zero attached hydrogens (tertiary/aromatic N) is 1. The first-order valence-electron chi connectivity index (χ1n) is 7.10. The Morgan fingerprint density at radius 3 is 2.58 bits per heavy atom. The van der Waals surface area contributed by atoms with Crippen LogP contribution in [0.25, 0.3) is 0 Å². The molecular formula is C16H27NO2. The van der Waals surface area contributed by atoms with Gasteiger partial charge in [-0.1, -0.05) is 31.4 Å². The van der Waals surface area contributed by atoms with Gasteiger partial charge < -0.3 is 14.7 Å². The Morgan fingerprint density at radius 2 is 1.89 bits per heavy atom. The average Bonchev–Trinajstić information content (AvgIpc) is 2.42. The molecule has 0 aliphatic heterocycles. The number of hydrogen-bond donors (Lipinski definition) is 1. The maximum Gasteiger partial charge on any atom is 0.119 e. The number of aliphatic hydroxyl groups is 1. The highest BCUT2D eigenvalue weighted by Gasteiger charge is 2.07. The number of ether oxygens (including phenoxy) is 1. The van der Waals surface area contributed by atoms with E-state index in [1.807, 2.05) is 24.3 Å². The van der Waals surface area contributed by atoms with E-state index >= 15 is 0 Å². The molecule has 1 rings (SSSR count). The molecule has 0 bridgehead atoms. The van der Waals surface area contributed by atoms with Gasteiger partial charge in [0.2, 0.25) is 0 Å². The number of benzene rings is 1. The molecule has 0 saturated heterocycles. The summed E-state index contributed by atoms with van der Waals surface area (Å²) in [7, 11) is 5.86. The van der Waals surface area contributed by atoms with Gasteiger partial charge in [-0.3, -0.25) is 0 Å².